The maximum Gasteiger partial charge on any atom is 0.257 e. The first-order chi connectivity index (χ1) is 14.3. The summed E-state index contributed by atoms with van der Waals surface area (Å²) in [4.78, 5) is 12.7. The highest BCUT2D eigenvalue weighted by Crippen LogP contribution is 2.26. The molecule has 0 aromatic heterocycles. The van der Waals surface area contributed by atoms with Crippen molar-refractivity contribution in [2.75, 3.05) is 26.0 Å². The summed E-state index contributed by atoms with van der Waals surface area (Å²) in [6.45, 7) is 0.717. The zero-order valence-corrected chi connectivity index (χ0v) is 18.8. The highest BCUT2D eigenvalue weighted by molar-refractivity contribution is 7.89. The van der Waals surface area contributed by atoms with Crippen LogP contribution in [0.25, 0.3) is 0 Å². The van der Waals surface area contributed by atoms with Crippen LogP contribution < -0.4 is 10.1 Å². The summed E-state index contributed by atoms with van der Waals surface area (Å²) in [5, 5.41) is 2.93. The third-order valence-electron chi connectivity index (χ3n) is 5.28. The lowest BCUT2D eigenvalue weighted by molar-refractivity contribution is 0.102. The van der Waals surface area contributed by atoms with Crippen LogP contribution in [0.4, 0.5) is 5.69 Å². The molecule has 1 aliphatic rings. The molecule has 6 nitrogen and oxygen atoms in total. The number of benzene rings is 2. The monoisotopic (exact) mass is 450 g/mol. The number of hydrogen-bond donors (Lipinski definition) is 1. The Balaban J connectivity index is 1.65. The number of nitrogens with one attached hydrogen (secondary N) is 1. The van der Waals surface area contributed by atoms with Crippen molar-refractivity contribution >= 4 is 33.2 Å². The molecule has 0 unspecified atom stereocenters. The van der Waals surface area contributed by atoms with E-state index in [4.69, 9.17) is 16.3 Å². The van der Waals surface area contributed by atoms with Crippen LogP contribution in [0.15, 0.2) is 47.4 Å². The van der Waals surface area contributed by atoms with Crippen molar-refractivity contribution in [3.63, 3.8) is 0 Å². The van der Waals surface area contributed by atoms with Gasteiger partial charge in [0, 0.05) is 19.8 Å². The number of sulfonamides is 1. The van der Waals surface area contributed by atoms with Crippen LogP contribution in [0.1, 0.15) is 42.5 Å². The Morgan fingerprint density at radius 3 is 2.40 bits per heavy atom. The summed E-state index contributed by atoms with van der Waals surface area (Å²) in [5.41, 5.74) is 0.666. The van der Waals surface area contributed by atoms with Crippen LogP contribution in [-0.4, -0.2) is 39.3 Å². The quantitative estimate of drug-likeness (QED) is 0.657. The van der Waals surface area contributed by atoms with E-state index in [0.717, 1.165) is 10.1 Å². The van der Waals surface area contributed by atoms with Gasteiger partial charge in [-0.15, -0.1) is 0 Å². The Bertz CT molecular complexity index is 985. The largest absolute Gasteiger partial charge is 0.493 e. The molecule has 3 rings (SSSR count). The van der Waals surface area contributed by atoms with E-state index >= 15 is 0 Å². The topological polar surface area (TPSA) is 75.7 Å². The Kier molecular flexibility index (Phi) is 7.39. The van der Waals surface area contributed by atoms with Crippen molar-refractivity contribution in [2.24, 2.45) is 5.92 Å². The van der Waals surface area contributed by atoms with Gasteiger partial charge in [0.1, 0.15) is 5.75 Å². The van der Waals surface area contributed by atoms with Gasteiger partial charge >= 0.3 is 0 Å². The van der Waals surface area contributed by atoms with E-state index in [0.29, 0.717) is 18.2 Å². The summed E-state index contributed by atoms with van der Waals surface area (Å²) in [6.07, 6.45) is 6.31. The minimum Gasteiger partial charge on any atom is -0.493 e. The number of nitrogens with zero attached hydrogens (tertiary/aromatic N) is 1. The lowest BCUT2D eigenvalue weighted by Crippen LogP contribution is -2.23. The first-order valence-electron chi connectivity index (χ1n) is 10.0. The smallest absolute Gasteiger partial charge is 0.257 e. The highest BCUT2D eigenvalue weighted by atomic mass is 35.5. The number of hydrogen-bond acceptors (Lipinski definition) is 4. The van der Waals surface area contributed by atoms with Crippen molar-refractivity contribution in [3.8, 4) is 5.75 Å². The van der Waals surface area contributed by atoms with Crippen LogP contribution >= 0.6 is 11.6 Å². The fraction of sp³-hybridized carbons (Fsp3) is 0.409. The molecular formula is C22H27ClN2O4S. The molecule has 1 aliphatic carbocycles. The second-order valence-corrected chi connectivity index (χ2v) is 10.3. The number of anilines is 1. The number of halogens is 1. The molecule has 162 valence electrons. The molecule has 0 atom stereocenters. The normalized spacial score (nSPS) is 15.2. The zero-order chi connectivity index (χ0) is 21.7. The molecule has 0 radical (unpaired) electrons. The molecule has 1 amide bonds. The zero-order valence-electron chi connectivity index (χ0n) is 17.2. The summed E-state index contributed by atoms with van der Waals surface area (Å²) in [5.74, 6) is 0.897. The van der Waals surface area contributed by atoms with Gasteiger partial charge in [-0.05, 0) is 61.2 Å². The minimum atomic E-state index is -3.67. The molecular weight excluding hydrogens is 424 g/mol. The molecule has 30 heavy (non-hydrogen) atoms. The van der Waals surface area contributed by atoms with E-state index in [2.05, 4.69) is 5.32 Å². The van der Waals surface area contributed by atoms with Gasteiger partial charge in [0.15, 0.2) is 0 Å². The molecule has 0 spiro atoms. The molecule has 0 bridgehead atoms. The van der Waals surface area contributed by atoms with Crippen molar-refractivity contribution in [3.05, 3.63) is 53.1 Å². The Morgan fingerprint density at radius 2 is 1.77 bits per heavy atom. The van der Waals surface area contributed by atoms with Gasteiger partial charge in [0.05, 0.1) is 22.1 Å². The van der Waals surface area contributed by atoms with Gasteiger partial charge in [-0.25, -0.2) is 12.7 Å². The summed E-state index contributed by atoms with van der Waals surface area (Å²) in [6, 6.07) is 11.2. The van der Waals surface area contributed by atoms with Gasteiger partial charge in [0.2, 0.25) is 10.0 Å². The lowest BCUT2D eigenvalue weighted by Gasteiger charge is -2.21. The number of ether oxygens (including phenoxy) is 1. The van der Waals surface area contributed by atoms with Crippen LogP contribution in [0.5, 0.6) is 5.75 Å². The van der Waals surface area contributed by atoms with E-state index in [1.807, 2.05) is 12.1 Å². The third-order valence-corrected chi connectivity index (χ3v) is 7.42. The minimum absolute atomic E-state index is 0.00788. The van der Waals surface area contributed by atoms with Gasteiger partial charge in [-0.2, -0.15) is 0 Å². The number of amides is 1. The number of rotatable bonds is 7. The van der Waals surface area contributed by atoms with Crippen LogP contribution in [0.3, 0.4) is 0 Å². The van der Waals surface area contributed by atoms with E-state index in [-0.39, 0.29) is 15.5 Å². The molecule has 0 saturated heterocycles. The maximum absolute atomic E-state index is 12.7. The number of carbonyl (C=O) groups excluding carboxylic acids is 1. The number of carbonyl (C=O) groups is 1. The lowest BCUT2D eigenvalue weighted by atomic mass is 9.90. The average molecular weight is 451 g/mol. The predicted molar refractivity (Wildman–Crippen MR) is 119 cm³/mol. The Labute approximate surface area is 183 Å². The molecule has 1 fully saturated rings. The third kappa shape index (κ3) is 5.53. The second kappa shape index (κ2) is 9.81. The first-order valence-corrected chi connectivity index (χ1v) is 11.9. The van der Waals surface area contributed by atoms with E-state index in [1.165, 1.54) is 64.4 Å². The summed E-state index contributed by atoms with van der Waals surface area (Å²) in [7, 11) is -0.802. The van der Waals surface area contributed by atoms with E-state index < -0.39 is 15.9 Å². The van der Waals surface area contributed by atoms with E-state index in [1.54, 1.807) is 12.1 Å². The van der Waals surface area contributed by atoms with Gasteiger partial charge < -0.3 is 10.1 Å². The molecule has 0 heterocycles. The predicted octanol–water partition coefficient (Wildman–Crippen LogP) is 4.80. The fourth-order valence-corrected chi connectivity index (χ4v) is 4.58. The van der Waals surface area contributed by atoms with Crippen LogP contribution in [-0.2, 0) is 10.0 Å². The Morgan fingerprint density at radius 1 is 1.10 bits per heavy atom. The van der Waals surface area contributed by atoms with E-state index in [9.17, 15) is 13.2 Å². The maximum atomic E-state index is 12.7. The van der Waals surface area contributed by atoms with Crippen molar-refractivity contribution in [1.82, 2.24) is 4.31 Å². The van der Waals surface area contributed by atoms with Crippen LogP contribution in [0, 0.1) is 5.92 Å². The SMILES string of the molecule is CN(C)S(=O)(=O)c1ccc(Cl)c(C(=O)Nc2ccc(OCC3CCCCC3)cc2)c1. The molecule has 8 heteroatoms. The summed E-state index contributed by atoms with van der Waals surface area (Å²) >= 11 is 6.14. The summed E-state index contributed by atoms with van der Waals surface area (Å²) < 4.78 is 31.6. The second-order valence-electron chi connectivity index (χ2n) is 7.72. The van der Waals surface area contributed by atoms with Gasteiger partial charge in [-0.3, -0.25) is 4.79 Å². The molecule has 1 saturated carbocycles. The first kappa shape index (κ1) is 22.6. The molecule has 0 aliphatic heterocycles. The fourth-order valence-electron chi connectivity index (χ4n) is 3.45. The molecule has 2 aromatic carbocycles. The Hall–Kier alpha value is -2.09. The average Bonchev–Trinajstić information content (AvgIpc) is 2.74. The molecule has 2 aromatic rings. The van der Waals surface area contributed by atoms with Crippen LogP contribution in [0.2, 0.25) is 5.02 Å². The van der Waals surface area contributed by atoms with Crippen molar-refractivity contribution < 1.29 is 17.9 Å². The standard InChI is InChI=1S/C22H27ClN2O4S/c1-25(2)30(27,28)19-12-13-21(23)20(14-19)22(26)24-17-8-10-18(11-9-17)29-15-16-6-4-3-5-7-16/h8-14,16H,3-7,15H2,1-2H3,(H,24,26). The van der Waals surface area contributed by atoms with Gasteiger partial charge in [-0.1, -0.05) is 30.9 Å². The van der Waals surface area contributed by atoms with Crippen molar-refractivity contribution in [2.45, 2.75) is 37.0 Å². The van der Waals surface area contributed by atoms with Gasteiger partial charge in [0.25, 0.3) is 5.91 Å². The van der Waals surface area contributed by atoms with Crippen molar-refractivity contribution in [1.29, 1.82) is 0 Å². The molecule has 1 N–H and O–H groups in total. The highest BCUT2D eigenvalue weighted by Gasteiger charge is 2.21.